The highest BCUT2D eigenvalue weighted by atomic mass is 15.2. The van der Waals surface area contributed by atoms with Gasteiger partial charge in [-0.25, -0.2) is 9.97 Å². The van der Waals surface area contributed by atoms with Gasteiger partial charge < -0.3 is 0 Å². The van der Waals surface area contributed by atoms with Gasteiger partial charge in [-0.3, -0.25) is 9.13 Å². The van der Waals surface area contributed by atoms with Crippen LogP contribution in [0, 0.1) is 0 Å². The van der Waals surface area contributed by atoms with E-state index in [4.69, 9.17) is 19.9 Å². The smallest absolute Gasteiger partial charge is 0.238 e. The third-order valence-corrected chi connectivity index (χ3v) is 8.39. The summed E-state index contributed by atoms with van der Waals surface area (Å²) in [6.07, 6.45) is 0. The maximum Gasteiger partial charge on any atom is 0.238 e. The lowest BCUT2D eigenvalue weighted by Crippen LogP contribution is -2.06. The number of imidazole rings is 1. The molecule has 46 heavy (non-hydrogen) atoms. The number of benzene rings is 6. The highest BCUT2D eigenvalue weighted by Gasteiger charge is 2.23. The first kappa shape index (κ1) is 26.0. The molecule has 0 unspecified atom stereocenters. The molecule has 0 bridgehead atoms. The van der Waals surface area contributed by atoms with Crippen molar-refractivity contribution in [3.05, 3.63) is 158 Å². The van der Waals surface area contributed by atoms with Crippen LogP contribution in [-0.2, 0) is 0 Å². The van der Waals surface area contributed by atoms with Gasteiger partial charge in [-0.15, -0.1) is 0 Å². The van der Waals surface area contributed by atoms with E-state index in [-0.39, 0.29) is 0 Å². The van der Waals surface area contributed by atoms with Crippen LogP contribution in [0.1, 0.15) is 0 Å². The molecule has 0 amide bonds. The van der Waals surface area contributed by atoms with Crippen LogP contribution in [0.4, 0.5) is 0 Å². The fraction of sp³-hybridized carbons (Fsp3) is 0. The van der Waals surface area contributed by atoms with Crippen LogP contribution >= 0.6 is 0 Å². The molecule has 6 aromatic carbocycles. The van der Waals surface area contributed by atoms with Gasteiger partial charge in [0, 0.05) is 33.2 Å². The van der Waals surface area contributed by atoms with Crippen molar-refractivity contribution in [2.45, 2.75) is 0 Å². The number of para-hydroxylation sites is 2. The molecule has 3 aromatic heterocycles. The van der Waals surface area contributed by atoms with Crippen LogP contribution in [0.3, 0.4) is 0 Å². The summed E-state index contributed by atoms with van der Waals surface area (Å²) in [6, 6.07) is 53.7. The second-order valence-electron chi connectivity index (χ2n) is 11.2. The first-order valence-electron chi connectivity index (χ1n) is 15.3. The molecule has 0 atom stereocenters. The Bertz CT molecular complexity index is 2440. The van der Waals surface area contributed by atoms with Crippen LogP contribution in [0.5, 0.6) is 0 Å². The fourth-order valence-corrected chi connectivity index (χ4v) is 6.33. The van der Waals surface area contributed by atoms with Crippen molar-refractivity contribution in [2.75, 3.05) is 0 Å². The minimum absolute atomic E-state index is 0.559. The number of fused-ring (bicyclic) bond motifs is 5. The van der Waals surface area contributed by atoms with E-state index in [1.165, 1.54) is 0 Å². The molecule has 216 valence electrons. The van der Waals surface area contributed by atoms with Gasteiger partial charge in [-0.2, -0.15) is 9.97 Å². The van der Waals surface area contributed by atoms with E-state index in [1.807, 2.05) is 72.8 Å². The highest BCUT2D eigenvalue weighted by molar-refractivity contribution is 6.20. The van der Waals surface area contributed by atoms with Crippen molar-refractivity contribution >= 4 is 32.8 Å². The monoisotopic (exact) mass is 590 g/mol. The summed E-state index contributed by atoms with van der Waals surface area (Å²) < 4.78 is 4.40. The van der Waals surface area contributed by atoms with E-state index in [0.29, 0.717) is 17.6 Å². The first-order valence-corrected chi connectivity index (χ1v) is 15.3. The molecule has 6 nitrogen and oxygen atoms in total. The summed E-state index contributed by atoms with van der Waals surface area (Å²) in [5.74, 6) is 2.69. The molecule has 0 spiro atoms. The topological polar surface area (TPSA) is 61.4 Å². The number of nitrogens with zero attached hydrogens (tertiary/aromatic N) is 6. The lowest BCUT2D eigenvalue weighted by molar-refractivity contribution is 0.953. The molecule has 0 fully saturated rings. The molecule has 3 heterocycles. The molecule has 0 saturated carbocycles. The fourth-order valence-electron chi connectivity index (χ4n) is 6.33. The molecule has 9 rings (SSSR count). The minimum atomic E-state index is 0.559. The van der Waals surface area contributed by atoms with Gasteiger partial charge in [0.2, 0.25) is 5.95 Å². The zero-order chi connectivity index (χ0) is 30.5. The maximum absolute atomic E-state index is 5.37. The Morgan fingerprint density at radius 2 is 0.891 bits per heavy atom. The summed E-state index contributed by atoms with van der Waals surface area (Å²) >= 11 is 0. The number of rotatable bonds is 5. The molecular weight excluding hydrogens is 564 g/mol. The Hall–Kier alpha value is -6.40. The quantitative estimate of drug-likeness (QED) is 0.200. The number of hydrogen-bond acceptors (Lipinski definition) is 4. The molecule has 0 aliphatic carbocycles. The van der Waals surface area contributed by atoms with Crippen LogP contribution in [0.25, 0.3) is 78.6 Å². The summed E-state index contributed by atoms with van der Waals surface area (Å²) in [5, 5.41) is 2.14. The van der Waals surface area contributed by atoms with Gasteiger partial charge in [0.15, 0.2) is 11.6 Å². The molecule has 9 aromatic rings. The first-order chi connectivity index (χ1) is 22.8. The second kappa shape index (κ2) is 10.6. The third kappa shape index (κ3) is 4.19. The molecule has 0 radical (unpaired) electrons. The second-order valence-corrected chi connectivity index (χ2v) is 11.2. The Morgan fingerprint density at radius 3 is 1.52 bits per heavy atom. The van der Waals surface area contributed by atoms with Crippen LogP contribution < -0.4 is 0 Å². The third-order valence-electron chi connectivity index (χ3n) is 8.39. The van der Waals surface area contributed by atoms with E-state index in [1.54, 1.807) is 0 Å². The van der Waals surface area contributed by atoms with Gasteiger partial charge in [0.1, 0.15) is 5.82 Å². The normalized spacial score (nSPS) is 11.5. The Labute approximate surface area is 264 Å². The SMILES string of the molecule is c1ccc(-c2nc(-c3ccccc3)nc(-n3c4ccccc4c4c5nc(-c6ccccc6)n(-c6ccccc6)c5ccc43)n2)cc1. The van der Waals surface area contributed by atoms with E-state index >= 15 is 0 Å². The van der Waals surface area contributed by atoms with Gasteiger partial charge in [0.05, 0.1) is 22.1 Å². The minimum Gasteiger partial charge on any atom is -0.292 e. The largest absolute Gasteiger partial charge is 0.292 e. The van der Waals surface area contributed by atoms with Crippen LogP contribution in [0.2, 0.25) is 0 Å². The molecule has 6 heteroatoms. The van der Waals surface area contributed by atoms with Crippen molar-refractivity contribution in [2.24, 2.45) is 0 Å². The maximum atomic E-state index is 5.37. The number of aromatic nitrogens is 6. The zero-order valence-corrected chi connectivity index (χ0v) is 24.7. The molecule has 0 N–H and O–H groups in total. The molecule has 0 saturated heterocycles. The highest BCUT2D eigenvalue weighted by Crippen LogP contribution is 2.39. The Kier molecular flexibility index (Phi) is 6.03. The summed E-state index contributed by atoms with van der Waals surface area (Å²) in [7, 11) is 0. The van der Waals surface area contributed by atoms with Gasteiger partial charge in [0.25, 0.3) is 0 Å². The van der Waals surface area contributed by atoms with Gasteiger partial charge in [-0.1, -0.05) is 127 Å². The van der Waals surface area contributed by atoms with Gasteiger partial charge in [-0.05, 0) is 30.3 Å². The van der Waals surface area contributed by atoms with Crippen LogP contribution in [0.15, 0.2) is 158 Å². The van der Waals surface area contributed by atoms with Crippen LogP contribution in [-0.4, -0.2) is 29.1 Å². The average Bonchev–Trinajstić information content (AvgIpc) is 3.69. The van der Waals surface area contributed by atoms with Crippen molar-refractivity contribution in [1.29, 1.82) is 0 Å². The lowest BCUT2D eigenvalue weighted by atomic mass is 10.1. The van der Waals surface area contributed by atoms with E-state index in [2.05, 4.69) is 94.1 Å². The van der Waals surface area contributed by atoms with Gasteiger partial charge >= 0.3 is 0 Å². The summed E-state index contributed by atoms with van der Waals surface area (Å²) in [4.78, 5) is 20.5. The standard InChI is InChI=1S/C40H26N6/c1-5-15-27(16-6-1)37-42-38(28-17-7-2-8-18-28)44-40(43-37)46-32-24-14-13-23-31(32)35-33(46)25-26-34-36(35)41-39(29-19-9-3-10-20-29)45(34)30-21-11-4-12-22-30/h1-26H. The summed E-state index contributed by atoms with van der Waals surface area (Å²) in [5.41, 5.74) is 7.92. The molecular formula is C40H26N6. The predicted molar refractivity (Wildman–Crippen MR) is 185 cm³/mol. The predicted octanol–water partition coefficient (Wildman–Crippen LogP) is 9.31. The van der Waals surface area contributed by atoms with E-state index in [9.17, 15) is 0 Å². The Balaban J connectivity index is 1.38. The van der Waals surface area contributed by atoms with Crippen molar-refractivity contribution in [1.82, 2.24) is 29.1 Å². The molecule has 0 aliphatic heterocycles. The Morgan fingerprint density at radius 1 is 0.370 bits per heavy atom. The van der Waals surface area contributed by atoms with E-state index < -0.39 is 0 Å². The number of hydrogen-bond donors (Lipinski definition) is 0. The average molecular weight is 591 g/mol. The molecule has 0 aliphatic rings. The van der Waals surface area contributed by atoms with Crippen molar-refractivity contribution < 1.29 is 0 Å². The zero-order valence-electron chi connectivity index (χ0n) is 24.7. The van der Waals surface area contributed by atoms with E-state index in [0.717, 1.165) is 61.0 Å². The van der Waals surface area contributed by atoms with Crippen molar-refractivity contribution in [3.63, 3.8) is 0 Å². The lowest BCUT2D eigenvalue weighted by Gasteiger charge is -2.11. The van der Waals surface area contributed by atoms with Crippen molar-refractivity contribution in [3.8, 4) is 45.8 Å². The summed E-state index contributed by atoms with van der Waals surface area (Å²) in [6.45, 7) is 0.